The van der Waals surface area contributed by atoms with Crippen molar-refractivity contribution < 1.29 is 14.3 Å². The van der Waals surface area contributed by atoms with Crippen LogP contribution in [0.1, 0.15) is 5.69 Å². The summed E-state index contributed by atoms with van der Waals surface area (Å²) < 4.78 is 5.56. The van der Waals surface area contributed by atoms with E-state index in [4.69, 9.17) is 4.74 Å². The molecule has 27 heavy (non-hydrogen) atoms. The van der Waals surface area contributed by atoms with Crippen molar-refractivity contribution in [1.29, 1.82) is 0 Å². The maximum atomic E-state index is 12.3. The summed E-state index contributed by atoms with van der Waals surface area (Å²) in [6.07, 6.45) is 7.19. The van der Waals surface area contributed by atoms with Gasteiger partial charge in [0.25, 0.3) is 0 Å². The highest BCUT2D eigenvalue weighted by atomic mass is 16.5. The van der Waals surface area contributed by atoms with Gasteiger partial charge in [-0.2, -0.15) is 0 Å². The van der Waals surface area contributed by atoms with Crippen LogP contribution >= 0.6 is 0 Å². The van der Waals surface area contributed by atoms with Gasteiger partial charge in [0.1, 0.15) is 12.5 Å². The Kier molecular flexibility index (Phi) is 4.68. The molecule has 0 bridgehead atoms. The van der Waals surface area contributed by atoms with Gasteiger partial charge >= 0.3 is 0 Å². The molecule has 2 aliphatic rings. The van der Waals surface area contributed by atoms with Crippen molar-refractivity contribution >= 4 is 28.7 Å². The van der Waals surface area contributed by atoms with Crippen LogP contribution in [0.5, 0.6) is 0 Å². The Labute approximate surface area is 156 Å². The summed E-state index contributed by atoms with van der Waals surface area (Å²) >= 11 is 0. The Hall–Kier alpha value is -3.06. The molecule has 0 spiro atoms. The zero-order chi connectivity index (χ0) is 18.8. The first-order chi connectivity index (χ1) is 13.1. The molecule has 1 N–H and O–H groups in total. The van der Waals surface area contributed by atoms with E-state index in [9.17, 15) is 9.59 Å². The highest BCUT2D eigenvalue weighted by molar-refractivity contribution is 6.07. The molecule has 2 heterocycles. The number of carbonyl (C=O) groups excluding carboxylic acids is 2. The molecular weight excluding hydrogens is 344 g/mol. The van der Waals surface area contributed by atoms with E-state index in [2.05, 4.69) is 15.3 Å². The number of hydrogen-bond acceptors (Lipinski definition) is 6. The minimum absolute atomic E-state index is 0.154. The van der Waals surface area contributed by atoms with Crippen LogP contribution in [0.4, 0.5) is 5.82 Å². The Morgan fingerprint density at radius 2 is 1.67 bits per heavy atom. The Morgan fingerprint density at radius 3 is 2.33 bits per heavy atom. The van der Waals surface area contributed by atoms with E-state index in [1.54, 1.807) is 12.2 Å². The number of rotatable bonds is 6. The molecule has 138 valence electrons. The van der Waals surface area contributed by atoms with Crippen LogP contribution in [-0.4, -0.2) is 46.6 Å². The van der Waals surface area contributed by atoms with Crippen molar-refractivity contribution in [2.24, 2.45) is 11.8 Å². The molecule has 7 heteroatoms. The SMILES string of the molecule is Cc1nc2ccccc2nc1NCOCCN1C(=O)C2C=CC=CC2C1=O. The molecule has 4 rings (SSSR count). The fourth-order valence-electron chi connectivity index (χ4n) is 3.37. The van der Waals surface area contributed by atoms with Gasteiger partial charge < -0.3 is 10.1 Å². The molecule has 1 aliphatic carbocycles. The smallest absolute Gasteiger partial charge is 0.237 e. The Balaban J connectivity index is 1.29. The van der Waals surface area contributed by atoms with Crippen molar-refractivity contribution in [3.63, 3.8) is 0 Å². The number of nitrogens with one attached hydrogen (secondary N) is 1. The average Bonchev–Trinajstić information content (AvgIpc) is 2.93. The van der Waals surface area contributed by atoms with Crippen LogP contribution in [0.25, 0.3) is 11.0 Å². The van der Waals surface area contributed by atoms with Gasteiger partial charge in [-0.3, -0.25) is 14.5 Å². The lowest BCUT2D eigenvalue weighted by Gasteiger charge is -2.15. The normalized spacial score (nSPS) is 21.1. The average molecular weight is 364 g/mol. The van der Waals surface area contributed by atoms with Crippen molar-refractivity contribution in [2.75, 3.05) is 25.2 Å². The molecule has 2 atom stereocenters. The predicted octanol–water partition coefficient (Wildman–Crippen LogP) is 2.05. The van der Waals surface area contributed by atoms with E-state index in [0.717, 1.165) is 16.7 Å². The number of aryl methyl sites for hydroxylation is 1. The largest absolute Gasteiger partial charge is 0.359 e. The third kappa shape index (κ3) is 3.33. The molecule has 0 saturated carbocycles. The first kappa shape index (κ1) is 17.4. The number of benzene rings is 1. The van der Waals surface area contributed by atoms with Gasteiger partial charge in [-0.05, 0) is 19.1 Å². The molecule has 1 saturated heterocycles. The number of amides is 2. The quantitative estimate of drug-likeness (QED) is 0.480. The summed E-state index contributed by atoms with van der Waals surface area (Å²) in [5, 5.41) is 3.10. The number of hydrogen-bond donors (Lipinski definition) is 1. The first-order valence-corrected chi connectivity index (χ1v) is 8.90. The molecule has 0 radical (unpaired) electrons. The van der Waals surface area contributed by atoms with E-state index < -0.39 is 0 Å². The second-order valence-electron chi connectivity index (χ2n) is 6.53. The van der Waals surface area contributed by atoms with Crippen LogP contribution in [0, 0.1) is 18.8 Å². The minimum atomic E-state index is -0.365. The standard InChI is InChI=1S/C20H20N4O3/c1-13-18(23-17-9-5-4-8-16(17)22-13)21-12-27-11-10-24-19(25)14-6-2-3-7-15(14)20(24)26/h2-9,14-15H,10-12H2,1H3,(H,21,23). The summed E-state index contributed by atoms with van der Waals surface area (Å²) in [4.78, 5) is 35.0. The van der Waals surface area contributed by atoms with Crippen LogP contribution in [0.2, 0.25) is 0 Å². The molecule has 2 aromatic rings. The molecule has 1 aromatic carbocycles. The number of aromatic nitrogens is 2. The molecule has 1 aliphatic heterocycles. The van der Waals surface area contributed by atoms with Crippen LogP contribution < -0.4 is 5.32 Å². The van der Waals surface area contributed by atoms with Crippen LogP contribution in [0.3, 0.4) is 0 Å². The number of imide groups is 1. The molecular formula is C20H20N4O3. The van der Waals surface area contributed by atoms with Gasteiger partial charge in [0.15, 0.2) is 0 Å². The second-order valence-corrected chi connectivity index (χ2v) is 6.53. The molecule has 1 aromatic heterocycles. The lowest BCUT2D eigenvalue weighted by molar-refractivity contribution is -0.140. The second kappa shape index (κ2) is 7.28. The Bertz CT molecular complexity index is 923. The molecule has 7 nitrogen and oxygen atoms in total. The van der Waals surface area contributed by atoms with E-state index in [1.807, 2.05) is 43.3 Å². The number of likely N-dealkylation sites (tertiary alicyclic amines) is 1. The topological polar surface area (TPSA) is 84.4 Å². The number of nitrogens with zero attached hydrogens (tertiary/aromatic N) is 3. The maximum Gasteiger partial charge on any atom is 0.237 e. The van der Waals surface area contributed by atoms with Crippen molar-refractivity contribution in [3.8, 4) is 0 Å². The van der Waals surface area contributed by atoms with Gasteiger partial charge in [-0.25, -0.2) is 9.97 Å². The van der Waals surface area contributed by atoms with E-state index >= 15 is 0 Å². The highest BCUT2D eigenvalue weighted by Crippen LogP contribution is 2.30. The summed E-state index contributed by atoms with van der Waals surface area (Å²) in [5.41, 5.74) is 2.43. The van der Waals surface area contributed by atoms with Crippen molar-refractivity contribution in [1.82, 2.24) is 14.9 Å². The zero-order valence-corrected chi connectivity index (χ0v) is 15.0. The van der Waals surface area contributed by atoms with Gasteiger partial charge in [-0.1, -0.05) is 36.4 Å². The van der Waals surface area contributed by atoms with Crippen molar-refractivity contribution in [3.05, 3.63) is 54.3 Å². The number of carbonyl (C=O) groups is 2. The molecule has 2 unspecified atom stereocenters. The lowest BCUT2D eigenvalue weighted by atomic mass is 9.91. The fraction of sp³-hybridized carbons (Fsp3) is 0.300. The third-order valence-corrected chi connectivity index (χ3v) is 4.78. The maximum absolute atomic E-state index is 12.3. The van der Waals surface area contributed by atoms with E-state index in [1.165, 1.54) is 4.90 Å². The van der Waals surface area contributed by atoms with Gasteiger partial charge in [0.2, 0.25) is 11.8 Å². The zero-order valence-electron chi connectivity index (χ0n) is 15.0. The number of fused-ring (bicyclic) bond motifs is 2. The van der Waals surface area contributed by atoms with E-state index in [0.29, 0.717) is 5.82 Å². The van der Waals surface area contributed by atoms with Crippen LogP contribution in [-0.2, 0) is 14.3 Å². The third-order valence-electron chi connectivity index (χ3n) is 4.78. The predicted molar refractivity (Wildman–Crippen MR) is 101 cm³/mol. The molecule has 2 amide bonds. The lowest BCUT2D eigenvalue weighted by Crippen LogP contribution is -2.34. The van der Waals surface area contributed by atoms with Crippen molar-refractivity contribution in [2.45, 2.75) is 6.92 Å². The first-order valence-electron chi connectivity index (χ1n) is 8.90. The molecule has 1 fully saturated rings. The summed E-state index contributed by atoms with van der Waals surface area (Å²) in [7, 11) is 0. The fourth-order valence-corrected chi connectivity index (χ4v) is 3.37. The van der Waals surface area contributed by atoms with Gasteiger partial charge in [0.05, 0.1) is 41.7 Å². The number of anilines is 1. The van der Waals surface area contributed by atoms with Gasteiger partial charge in [-0.15, -0.1) is 0 Å². The minimum Gasteiger partial charge on any atom is -0.359 e. The monoisotopic (exact) mass is 364 g/mol. The van der Waals surface area contributed by atoms with Crippen LogP contribution in [0.15, 0.2) is 48.6 Å². The highest BCUT2D eigenvalue weighted by Gasteiger charge is 2.45. The number of allylic oxidation sites excluding steroid dienone is 2. The Morgan fingerprint density at radius 1 is 1.04 bits per heavy atom. The summed E-state index contributed by atoms with van der Waals surface area (Å²) in [6.45, 7) is 2.61. The number of ether oxygens (including phenoxy) is 1. The summed E-state index contributed by atoms with van der Waals surface area (Å²) in [5.74, 6) is -0.382. The summed E-state index contributed by atoms with van der Waals surface area (Å²) in [6, 6.07) is 7.66. The number of para-hydroxylation sites is 2. The van der Waals surface area contributed by atoms with Gasteiger partial charge in [0, 0.05) is 0 Å². The van der Waals surface area contributed by atoms with E-state index in [-0.39, 0.29) is 43.5 Å².